The second-order valence-electron chi connectivity index (χ2n) is 10.3. The Labute approximate surface area is 234 Å². The molecule has 40 heavy (non-hydrogen) atoms. The van der Waals surface area contributed by atoms with Crippen LogP contribution in [0.3, 0.4) is 0 Å². The molecule has 1 saturated heterocycles. The number of nitrogens with zero attached hydrogens (tertiary/aromatic N) is 4. The predicted molar refractivity (Wildman–Crippen MR) is 150 cm³/mol. The second-order valence-corrected chi connectivity index (χ2v) is 10.3. The summed E-state index contributed by atoms with van der Waals surface area (Å²) in [6.45, 7) is 4.23. The molecule has 0 saturated carbocycles. The number of ether oxygens (including phenoxy) is 3. The van der Waals surface area contributed by atoms with E-state index < -0.39 is 0 Å². The third kappa shape index (κ3) is 5.76. The molecule has 9 nitrogen and oxygen atoms in total. The summed E-state index contributed by atoms with van der Waals surface area (Å²) in [5.74, 6) is 2.23. The van der Waals surface area contributed by atoms with Gasteiger partial charge in [-0.15, -0.1) is 0 Å². The minimum absolute atomic E-state index is 0.0538. The van der Waals surface area contributed by atoms with Gasteiger partial charge in [0, 0.05) is 56.2 Å². The van der Waals surface area contributed by atoms with Crippen molar-refractivity contribution in [3.63, 3.8) is 0 Å². The predicted octanol–water partition coefficient (Wildman–Crippen LogP) is 3.33. The molecule has 1 N–H and O–H groups in total. The molecule has 3 aromatic rings. The molecular formula is C31H34N4O5. The fraction of sp³-hybridized carbons (Fsp3) is 0.355. The van der Waals surface area contributed by atoms with E-state index >= 15 is 0 Å². The molecule has 0 bridgehead atoms. The first-order chi connectivity index (χ1) is 19.7. The highest BCUT2D eigenvalue weighted by Gasteiger charge is 2.32. The molecule has 208 valence electrons. The van der Waals surface area contributed by atoms with E-state index in [2.05, 4.69) is 39.0 Å². The van der Waals surface area contributed by atoms with Crippen LogP contribution in [0.25, 0.3) is 0 Å². The van der Waals surface area contributed by atoms with Crippen LogP contribution in [0.1, 0.15) is 16.7 Å². The molecule has 0 radical (unpaired) electrons. The number of hydrogen-bond donors (Lipinski definition) is 1. The normalized spacial score (nSPS) is 17.6. The van der Waals surface area contributed by atoms with E-state index in [9.17, 15) is 9.90 Å². The number of carbonyl (C=O) groups is 1. The highest BCUT2D eigenvalue weighted by atomic mass is 16.7. The molecule has 0 aliphatic carbocycles. The summed E-state index contributed by atoms with van der Waals surface area (Å²) in [6.07, 6.45) is 4.98. The lowest BCUT2D eigenvalue weighted by atomic mass is 10.0. The lowest BCUT2D eigenvalue weighted by molar-refractivity contribution is -0.131. The highest BCUT2D eigenvalue weighted by molar-refractivity contribution is 5.83. The van der Waals surface area contributed by atoms with Crippen molar-refractivity contribution in [2.24, 2.45) is 0 Å². The quantitative estimate of drug-likeness (QED) is 0.441. The van der Waals surface area contributed by atoms with Gasteiger partial charge >= 0.3 is 0 Å². The lowest BCUT2D eigenvalue weighted by Crippen LogP contribution is -2.54. The van der Waals surface area contributed by atoms with Crippen molar-refractivity contribution in [1.82, 2.24) is 14.8 Å². The van der Waals surface area contributed by atoms with Gasteiger partial charge in [-0.3, -0.25) is 9.69 Å². The van der Waals surface area contributed by atoms with Crippen LogP contribution < -0.4 is 9.64 Å². The molecule has 6 rings (SSSR count). The Bertz CT molecular complexity index is 1340. The van der Waals surface area contributed by atoms with Gasteiger partial charge in [-0.25, -0.2) is 4.98 Å². The fourth-order valence-electron chi connectivity index (χ4n) is 5.63. The minimum Gasteiger partial charge on any atom is -0.462 e. The van der Waals surface area contributed by atoms with Crippen LogP contribution in [0.15, 0.2) is 78.9 Å². The van der Waals surface area contributed by atoms with Crippen molar-refractivity contribution in [2.75, 3.05) is 51.0 Å². The number of rotatable bonds is 9. The molecule has 1 unspecified atom stereocenters. The van der Waals surface area contributed by atoms with E-state index in [0.29, 0.717) is 25.5 Å². The third-order valence-electron chi connectivity index (χ3n) is 7.80. The van der Waals surface area contributed by atoms with E-state index in [1.165, 1.54) is 5.56 Å². The van der Waals surface area contributed by atoms with Gasteiger partial charge in [0.05, 0.1) is 19.2 Å². The van der Waals surface area contributed by atoms with Crippen molar-refractivity contribution in [3.05, 3.63) is 95.6 Å². The number of amides is 1. The number of carbonyl (C=O) groups excluding carboxylic acids is 1. The third-order valence-corrected chi connectivity index (χ3v) is 7.80. The fourth-order valence-corrected chi connectivity index (χ4v) is 5.63. The van der Waals surface area contributed by atoms with E-state index in [1.54, 1.807) is 24.6 Å². The maximum atomic E-state index is 13.4. The van der Waals surface area contributed by atoms with Crippen LogP contribution in [-0.2, 0) is 33.7 Å². The first-order valence-electron chi connectivity index (χ1n) is 13.8. The summed E-state index contributed by atoms with van der Waals surface area (Å²) in [6, 6.07) is 20.0. The first-order valence-corrected chi connectivity index (χ1v) is 13.8. The number of aliphatic hydroxyl groups is 1. The largest absolute Gasteiger partial charge is 0.462 e. The summed E-state index contributed by atoms with van der Waals surface area (Å²) in [4.78, 5) is 24.2. The van der Waals surface area contributed by atoms with Gasteiger partial charge in [0.15, 0.2) is 5.76 Å². The van der Waals surface area contributed by atoms with Crippen molar-refractivity contribution in [3.8, 4) is 11.6 Å². The zero-order valence-corrected chi connectivity index (χ0v) is 22.4. The molecule has 1 fully saturated rings. The number of hydrogen-bond acceptors (Lipinski definition) is 8. The zero-order valence-electron chi connectivity index (χ0n) is 22.4. The Morgan fingerprint density at radius 3 is 2.55 bits per heavy atom. The molecule has 9 heteroatoms. The van der Waals surface area contributed by atoms with Crippen LogP contribution in [0.5, 0.6) is 11.6 Å². The molecular weight excluding hydrogens is 508 g/mol. The topological polar surface area (TPSA) is 87.6 Å². The van der Waals surface area contributed by atoms with Gasteiger partial charge in [0.1, 0.15) is 12.0 Å². The Morgan fingerprint density at radius 1 is 0.975 bits per heavy atom. The summed E-state index contributed by atoms with van der Waals surface area (Å²) in [7, 11) is 0. The standard InChI is InChI=1S/C31H34N4O5/c36-20-24-9-10-30(32-18-24)40-28-8-4-7-26-25(28)11-12-35(26)19-31(37)34-15-13-33(14-16-34)27(29-21-38-22-39-29)17-23-5-2-1-3-6-23/h1-10,18,21,27,36H,11-17,19-20,22H2. The number of aromatic nitrogens is 1. The molecule has 0 spiro atoms. The van der Waals surface area contributed by atoms with E-state index in [1.807, 2.05) is 29.2 Å². The van der Waals surface area contributed by atoms with Crippen LogP contribution in [-0.4, -0.2) is 77.9 Å². The van der Waals surface area contributed by atoms with Gasteiger partial charge in [0.2, 0.25) is 18.6 Å². The number of fused-ring (bicyclic) bond motifs is 1. The van der Waals surface area contributed by atoms with Crippen molar-refractivity contribution >= 4 is 11.6 Å². The summed E-state index contributed by atoms with van der Waals surface area (Å²) < 4.78 is 17.2. The molecule has 3 aliphatic rings. The smallest absolute Gasteiger partial charge is 0.242 e. The average molecular weight is 543 g/mol. The number of anilines is 1. The van der Waals surface area contributed by atoms with Crippen molar-refractivity contribution in [1.29, 1.82) is 0 Å². The van der Waals surface area contributed by atoms with Crippen LogP contribution in [0.2, 0.25) is 0 Å². The van der Waals surface area contributed by atoms with Crippen LogP contribution in [0.4, 0.5) is 5.69 Å². The van der Waals surface area contributed by atoms with Gasteiger partial charge in [-0.1, -0.05) is 36.4 Å². The molecule has 1 aromatic heterocycles. The maximum absolute atomic E-state index is 13.4. The van der Waals surface area contributed by atoms with E-state index in [0.717, 1.165) is 60.8 Å². The first kappa shape index (κ1) is 26.2. The molecule has 1 atom stereocenters. The zero-order chi connectivity index (χ0) is 27.3. The van der Waals surface area contributed by atoms with Crippen LogP contribution in [0, 0.1) is 0 Å². The van der Waals surface area contributed by atoms with Gasteiger partial charge in [-0.05, 0) is 42.2 Å². The van der Waals surface area contributed by atoms with Crippen molar-refractivity contribution < 1.29 is 24.1 Å². The molecule has 4 heterocycles. The number of benzene rings is 2. The summed E-state index contributed by atoms with van der Waals surface area (Å²) >= 11 is 0. The Kier molecular flexibility index (Phi) is 7.83. The maximum Gasteiger partial charge on any atom is 0.242 e. The molecule has 3 aliphatic heterocycles. The van der Waals surface area contributed by atoms with E-state index in [4.69, 9.17) is 14.2 Å². The Balaban J connectivity index is 1.07. The average Bonchev–Trinajstić information content (AvgIpc) is 3.68. The Hall–Kier alpha value is -4.08. The van der Waals surface area contributed by atoms with Gasteiger partial charge < -0.3 is 29.1 Å². The number of aliphatic hydroxyl groups excluding tert-OH is 1. The minimum atomic E-state index is -0.0538. The number of pyridine rings is 1. The highest BCUT2D eigenvalue weighted by Crippen LogP contribution is 2.37. The Morgan fingerprint density at radius 2 is 1.82 bits per heavy atom. The molecule has 1 amide bonds. The second kappa shape index (κ2) is 12.0. The van der Waals surface area contributed by atoms with Gasteiger partial charge in [-0.2, -0.15) is 0 Å². The van der Waals surface area contributed by atoms with Crippen LogP contribution >= 0.6 is 0 Å². The SMILES string of the molecule is O=C(CN1CCc2c(Oc3ccc(CO)cn3)cccc21)N1CCN(C(Cc2ccccc2)C2=COCO2)CC1. The van der Waals surface area contributed by atoms with Crippen molar-refractivity contribution in [2.45, 2.75) is 25.5 Å². The summed E-state index contributed by atoms with van der Waals surface area (Å²) in [5, 5.41) is 9.25. The van der Waals surface area contributed by atoms with E-state index in [-0.39, 0.29) is 25.3 Å². The number of piperazine rings is 1. The summed E-state index contributed by atoms with van der Waals surface area (Å²) in [5.41, 5.74) is 4.10. The van der Waals surface area contributed by atoms with Gasteiger partial charge in [0.25, 0.3) is 0 Å². The monoisotopic (exact) mass is 542 g/mol. The lowest BCUT2D eigenvalue weighted by Gasteiger charge is -2.39. The molecule has 2 aromatic carbocycles.